The van der Waals surface area contributed by atoms with Crippen molar-refractivity contribution in [2.24, 2.45) is 11.8 Å². The van der Waals surface area contributed by atoms with Crippen LogP contribution < -0.4 is 4.74 Å². The van der Waals surface area contributed by atoms with Gasteiger partial charge in [-0.3, -0.25) is 14.6 Å². The number of nitrogens with zero attached hydrogens (tertiary/aromatic N) is 3. The number of aliphatic hydroxyl groups is 1. The fourth-order valence-corrected chi connectivity index (χ4v) is 7.12. The fourth-order valence-electron chi connectivity index (χ4n) is 6.03. The van der Waals surface area contributed by atoms with E-state index in [-0.39, 0.29) is 11.9 Å². The van der Waals surface area contributed by atoms with E-state index in [4.69, 9.17) is 4.74 Å². The van der Waals surface area contributed by atoms with Crippen LogP contribution in [0.5, 0.6) is 5.75 Å². The summed E-state index contributed by atoms with van der Waals surface area (Å²) in [4.78, 5) is 29.1. The second-order valence-corrected chi connectivity index (χ2v) is 11.1. The number of fused-ring (bicyclic) bond motifs is 8. The van der Waals surface area contributed by atoms with Crippen molar-refractivity contribution in [3.05, 3.63) is 71.4 Å². The third-order valence-corrected chi connectivity index (χ3v) is 9.20. The monoisotopic (exact) mass is 489 g/mol. The number of amides is 1. The number of aliphatic hydroxyl groups excluding tert-OH is 1. The Bertz CT molecular complexity index is 1250. The van der Waals surface area contributed by atoms with Gasteiger partial charge in [-0.1, -0.05) is 30.3 Å². The van der Waals surface area contributed by atoms with Gasteiger partial charge in [0.15, 0.2) is 11.8 Å². The maximum Gasteiger partial charge on any atom is 0.251 e. The summed E-state index contributed by atoms with van der Waals surface area (Å²) in [5.41, 5.74) is 3.45. The van der Waals surface area contributed by atoms with Gasteiger partial charge in [0.25, 0.3) is 5.91 Å². The van der Waals surface area contributed by atoms with Gasteiger partial charge in [0, 0.05) is 35.0 Å². The summed E-state index contributed by atoms with van der Waals surface area (Å²) in [6, 6.07) is 13.5. The maximum absolute atomic E-state index is 13.6. The van der Waals surface area contributed by atoms with Crippen molar-refractivity contribution in [1.82, 2.24) is 14.9 Å². The second kappa shape index (κ2) is 8.11. The predicted octanol–water partition coefficient (Wildman–Crippen LogP) is 2.94. The lowest BCUT2D eigenvalue weighted by Crippen LogP contribution is -2.68. The lowest BCUT2D eigenvalue weighted by molar-refractivity contribution is -0.185. The molecule has 2 fully saturated rings. The summed E-state index contributed by atoms with van der Waals surface area (Å²) in [6.07, 6.45) is 3.68. The zero-order valence-corrected chi connectivity index (χ0v) is 20.1. The molecular weight excluding hydrogens is 462 g/mol. The minimum atomic E-state index is -1.39. The van der Waals surface area contributed by atoms with E-state index in [1.807, 2.05) is 22.7 Å². The summed E-state index contributed by atoms with van der Waals surface area (Å²) in [5, 5.41) is 14.8. The highest BCUT2D eigenvalue weighted by Crippen LogP contribution is 2.49. The van der Waals surface area contributed by atoms with E-state index in [0.717, 1.165) is 35.5 Å². The molecule has 180 valence electrons. The third kappa shape index (κ3) is 3.42. The van der Waals surface area contributed by atoms with Crippen LogP contribution in [0.1, 0.15) is 35.6 Å². The van der Waals surface area contributed by atoms with Crippen molar-refractivity contribution in [2.75, 3.05) is 19.8 Å². The molecule has 3 unspecified atom stereocenters. The number of ketones is 1. The minimum Gasteiger partial charge on any atom is -0.493 e. The highest BCUT2D eigenvalue weighted by Gasteiger charge is 2.50. The van der Waals surface area contributed by atoms with E-state index in [1.54, 1.807) is 11.2 Å². The van der Waals surface area contributed by atoms with Crippen molar-refractivity contribution in [3.63, 3.8) is 0 Å². The van der Waals surface area contributed by atoms with Gasteiger partial charge >= 0.3 is 0 Å². The number of benzene rings is 2. The molecule has 2 bridgehead atoms. The molecule has 1 saturated carbocycles. The van der Waals surface area contributed by atoms with E-state index in [2.05, 4.69) is 41.4 Å². The lowest BCUT2D eigenvalue weighted by atomic mass is 9.92. The normalized spacial score (nSPS) is 33.2. The molecule has 1 N–H and O–H groups in total. The second-order valence-electron chi connectivity index (χ2n) is 10.1. The third-order valence-electron chi connectivity index (χ3n) is 8.06. The standard InChI is InChI=1S/C27H27N3O4S/c31-20-9-11-29-25(26(20)32)27(33)28-10-8-16-12-18(16)13-34-21-6-3-4-17-14-35-22-7-2-1-5-19(22)24(23(17)21)30(29)15-28/h1-7,9,11,16,18,24-26,32H,8,10,12-15H2/t16-,18-,24+,25?,26?/m0/s1. The molecule has 2 aromatic carbocycles. The highest BCUT2D eigenvalue weighted by molar-refractivity contribution is 7.98. The van der Waals surface area contributed by atoms with Crippen LogP contribution in [0.25, 0.3) is 0 Å². The highest BCUT2D eigenvalue weighted by atomic mass is 32.2. The number of carbonyl (C=O) groups excluding carboxylic acids is 2. The summed E-state index contributed by atoms with van der Waals surface area (Å²) in [5.74, 6) is 2.15. The van der Waals surface area contributed by atoms with Crippen molar-refractivity contribution in [3.8, 4) is 5.75 Å². The number of hydrogen-bond donors (Lipinski definition) is 1. The number of rotatable bonds is 0. The molecule has 7 rings (SSSR count). The number of hydrogen-bond acceptors (Lipinski definition) is 7. The van der Waals surface area contributed by atoms with Gasteiger partial charge in [-0.25, -0.2) is 0 Å². The first kappa shape index (κ1) is 21.5. The summed E-state index contributed by atoms with van der Waals surface area (Å²) < 4.78 is 6.51. The predicted molar refractivity (Wildman–Crippen MR) is 130 cm³/mol. The van der Waals surface area contributed by atoms with Crippen LogP contribution >= 0.6 is 11.8 Å². The summed E-state index contributed by atoms with van der Waals surface area (Å²) in [6.45, 7) is 1.69. The Morgan fingerprint density at radius 2 is 1.94 bits per heavy atom. The molecule has 1 amide bonds. The first-order valence-electron chi connectivity index (χ1n) is 12.3. The van der Waals surface area contributed by atoms with E-state index in [9.17, 15) is 14.7 Å². The Balaban J connectivity index is 1.45. The van der Waals surface area contributed by atoms with E-state index < -0.39 is 17.9 Å². The molecule has 7 nitrogen and oxygen atoms in total. The smallest absolute Gasteiger partial charge is 0.251 e. The SMILES string of the molecule is O=C1C=CN2C(C(=O)N3CC[C@H]4C[C@H]4COc4cccc5c4[C@@H](c4ccccc4SC5)N2C3)C1O. The van der Waals surface area contributed by atoms with Crippen LogP contribution in [-0.4, -0.2) is 63.7 Å². The van der Waals surface area contributed by atoms with Gasteiger partial charge in [-0.05, 0) is 47.9 Å². The molecule has 1 saturated heterocycles. The number of thioether (sulfide) groups is 1. The molecule has 0 radical (unpaired) electrons. The van der Waals surface area contributed by atoms with Gasteiger partial charge in [0.1, 0.15) is 11.9 Å². The molecule has 8 heteroatoms. The maximum atomic E-state index is 13.6. The first-order chi connectivity index (χ1) is 17.1. The van der Waals surface area contributed by atoms with Crippen LogP contribution in [0.4, 0.5) is 0 Å². The fraction of sp³-hybridized carbons (Fsp3) is 0.407. The van der Waals surface area contributed by atoms with Crippen LogP contribution in [0, 0.1) is 11.8 Å². The zero-order valence-electron chi connectivity index (χ0n) is 19.2. The van der Waals surface area contributed by atoms with Crippen molar-refractivity contribution in [2.45, 2.75) is 41.7 Å². The number of hydrazine groups is 1. The van der Waals surface area contributed by atoms with E-state index in [0.29, 0.717) is 31.7 Å². The molecular formula is C27H27N3O4S. The van der Waals surface area contributed by atoms with E-state index in [1.165, 1.54) is 16.5 Å². The van der Waals surface area contributed by atoms with Crippen LogP contribution in [0.15, 0.2) is 59.6 Å². The quantitative estimate of drug-likeness (QED) is 0.610. The van der Waals surface area contributed by atoms with E-state index >= 15 is 0 Å². The topological polar surface area (TPSA) is 73.3 Å². The van der Waals surface area contributed by atoms with Crippen molar-refractivity contribution >= 4 is 23.5 Å². The molecule has 5 aliphatic rings. The van der Waals surface area contributed by atoms with Crippen LogP contribution in [0.2, 0.25) is 0 Å². The van der Waals surface area contributed by atoms with Gasteiger partial charge in [0.05, 0.1) is 19.3 Å². The number of carbonyl (C=O) groups is 2. The van der Waals surface area contributed by atoms with Crippen LogP contribution in [-0.2, 0) is 15.3 Å². The van der Waals surface area contributed by atoms with Gasteiger partial charge in [-0.15, -0.1) is 11.8 Å². The Morgan fingerprint density at radius 3 is 2.86 bits per heavy atom. The molecule has 0 aromatic heterocycles. The average molecular weight is 490 g/mol. The van der Waals surface area contributed by atoms with Gasteiger partial charge in [-0.2, -0.15) is 5.01 Å². The summed E-state index contributed by atoms with van der Waals surface area (Å²) >= 11 is 1.81. The first-order valence-corrected chi connectivity index (χ1v) is 13.3. The van der Waals surface area contributed by atoms with Gasteiger partial charge < -0.3 is 14.7 Å². The van der Waals surface area contributed by atoms with Crippen LogP contribution in [0.3, 0.4) is 0 Å². The molecule has 35 heavy (non-hydrogen) atoms. The van der Waals surface area contributed by atoms with Gasteiger partial charge in [0.2, 0.25) is 0 Å². The summed E-state index contributed by atoms with van der Waals surface area (Å²) in [7, 11) is 0. The molecule has 2 aromatic rings. The average Bonchev–Trinajstić information content (AvgIpc) is 3.65. The molecule has 1 aliphatic carbocycles. The Labute approximate surface area is 208 Å². The zero-order chi connectivity index (χ0) is 23.7. The largest absolute Gasteiger partial charge is 0.493 e. The lowest BCUT2D eigenvalue weighted by Gasteiger charge is -2.52. The van der Waals surface area contributed by atoms with Crippen molar-refractivity contribution in [1.29, 1.82) is 0 Å². The molecule has 4 aliphatic heterocycles. The Hall–Kier alpha value is -2.81. The molecule has 0 spiro atoms. The molecule has 4 heterocycles. The van der Waals surface area contributed by atoms with Crippen molar-refractivity contribution < 1.29 is 19.4 Å². The molecule has 6 atom stereocenters. The Morgan fingerprint density at radius 1 is 1.06 bits per heavy atom. The minimum absolute atomic E-state index is 0.179. The Kier molecular flexibility index (Phi) is 4.98. The number of ether oxygens (including phenoxy) is 1.